The van der Waals surface area contributed by atoms with E-state index in [1.54, 1.807) is 42.5 Å². The van der Waals surface area contributed by atoms with E-state index in [9.17, 15) is 4.79 Å². The predicted octanol–water partition coefficient (Wildman–Crippen LogP) is 3.95. The van der Waals surface area contributed by atoms with E-state index < -0.39 is 0 Å². The highest BCUT2D eigenvalue weighted by atomic mass is 35.5. The molecule has 2 aromatic carbocycles. The number of halogens is 1. The van der Waals surface area contributed by atoms with E-state index in [0.717, 1.165) is 10.9 Å². The first-order chi connectivity index (χ1) is 10.2. The average Bonchev–Trinajstić information content (AvgIpc) is 2.91. The summed E-state index contributed by atoms with van der Waals surface area (Å²) in [6, 6.07) is 16.0. The van der Waals surface area contributed by atoms with Crippen molar-refractivity contribution in [3.63, 3.8) is 0 Å². The molecule has 0 atom stereocenters. The highest BCUT2D eigenvalue weighted by molar-refractivity contribution is 6.31. The van der Waals surface area contributed by atoms with Crippen LogP contribution in [0.4, 0.5) is 5.69 Å². The van der Waals surface area contributed by atoms with E-state index in [2.05, 4.69) is 10.3 Å². The number of carbonyl (C=O) groups is 1. The number of nitrogens with one attached hydrogen (secondary N) is 2. The fourth-order valence-corrected chi connectivity index (χ4v) is 2.27. The zero-order valence-corrected chi connectivity index (χ0v) is 11.6. The number of aromatic amines is 1. The number of anilines is 1. The summed E-state index contributed by atoms with van der Waals surface area (Å²) in [5.41, 5.74) is 2.12. The number of fused-ring (bicyclic) bond motifs is 1. The van der Waals surface area contributed by atoms with Crippen LogP contribution in [0.25, 0.3) is 10.9 Å². The van der Waals surface area contributed by atoms with E-state index in [1.807, 2.05) is 12.1 Å². The number of carbonyl (C=O) groups excluding carboxylic acids is 1. The molecule has 0 saturated carbocycles. The molecule has 0 spiro atoms. The van der Waals surface area contributed by atoms with Crippen molar-refractivity contribution in [2.45, 2.75) is 0 Å². The molecular weight excluding hydrogens is 286 g/mol. The minimum Gasteiger partial charge on any atom is -0.350 e. The topological polar surface area (TPSA) is 68.7 Å². The molecule has 3 rings (SSSR count). The summed E-state index contributed by atoms with van der Waals surface area (Å²) in [4.78, 5) is 15.3. The van der Waals surface area contributed by atoms with Crippen molar-refractivity contribution in [2.75, 3.05) is 5.32 Å². The van der Waals surface area contributed by atoms with Gasteiger partial charge in [0.15, 0.2) is 0 Å². The van der Waals surface area contributed by atoms with Crippen molar-refractivity contribution in [3.8, 4) is 6.07 Å². The molecule has 3 aromatic rings. The van der Waals surface area contributed by atoms with Crippen LogP contribution in [-0.2, 0) is 0 Å². The highest BCUT2D eigenvalue weighted by Gasteiger charge is 2.11. The number of benzene rings is 2. The number of aromatic nitrogens is 1. The molecule has 0 saturated heterocycles. The third-order valence-corrected chi connectivity index (χ3v) is 3.36. The molecule has 0 aliphatic heterocycles. The largest absolute Gasteiger partial charge is 0.350 e. The lowest BCUT2D eigenvalue weighted by molar-refractivity contribution is 0.102. The van der Waals surface area contributed by atoms with Crippen molar-refractivity contribution < 1.29 is 4.79 Å². The molecule has 4 nitrogen and oxygen atoms in total. The Hall–Kier alpha value is -2.77. The first-order valence-corrected chi connectivity index (χ1v) is 6.64. The Bertz CT molecular complexity index is 877. The van der Waals surface area contributed by atoms with Gasteiger partial charge >= 0.3 is 0 Å². The van der Waals surface area contributed by atoms with Gasteiger partial charge in [0.25, 0.3) is 5.91 Å². The third kappa shape index (κ3) is 2.60. The zero-order valence-electron chi connectivity index (χ0n) is 10.9. The van der Waals surface area contributed by atoms with Gasteiger partial charge in [-0.15, -0.1) is 0 Å². The number of hydrogen-bond acceptors (Lipinski definition) is 2. The molecule has 1 aromatic heterocycles. The molecule has 1 heterocycles. The van der Waals surface area contributed by atoms with Crippen LogP contribution in [0, 0.1) is 11.3 Å². The number of rotatable bonds is 2. The summed E-state index contributed by atoms with van der Waals surface area (Å²) in [7, 11) is 0. The molecule has 0 unspecified atom stereocenters. The zero-order chi connectivity index (χ0) is 14.8. The Labute approximate surface area is 126 Å². The molecule has 102 valence electrons. The van der Waals surface area contributed by atoms with Gasteiger partial charge in [-0.2, -0.15) is 5.26 Å². The van der Waals surface area contributed by atoms with Gasteiger partial charge in [-0.1, -0.05) is 29.8 Å². The smallest absolute Gasteiger partial charge is 0.272 e. The molecule has 2 N–H and O–H groups in total. The molecule has 5 heteroatoms. The summed E-state index contributed by atoms with van der Waals surface area (Å²) < 4.78 is 0. The first-order valence-electron chi connectivity index (χ1n) is 6.26. The molecule has 0 aliphatic carbocycles. The van der Waals surface area contributed by atoms with Crippen molar-refractivity contribution in [1.82, 2.24) is 4.98 Å². The molecule has 0 aliphatic rings. The molecule has 21 heavy (non-hydrogen) atoms. The third-order valence-electron chi connectivity index (χ3n) is 3.12. The van der Waals surface area contributed by atoms with Gasteiger partial charge < -0.3 is 10.3 Å². The SMILES string of the molecule is N#Cc1ccccc1NC(=O)c1cc2ccc(Cl)cc2[nH]1. The molecular formula is C16H10ClN3O. The van der Waals surface area contributed by atoms with Crippen molar-refractivity contribution in [3.05, 3.63) is 64.8 Å². The normalized spacial score (nSPS) is 10.3. The molecule has 0 bridgehead atoms. The maximum atomic E-state index is 12.3. The van der Waals surface area contributed by atoms with Crippen molar-refractivity contribution in [1.29, 1.82) is 5.26 Å². The van der Waals surface area contributed by atoms with Crippen LogP contribution >= 0.6 is 11.6 Å². The number of H-pyrrole nitrogens is 1. The van der Waals surface area contributed by atoms with E-state index in [1.165, 1.54) is 0 Å². The Morgan fingerprint density at radius 3 is 2.81 bits per heavy atom. The van der Waals surface area contributed by atoms with Crippen LogP contribution in [-0.4, -0.2) is 10.9 Å². The predicted molar refractivity (Wildman–Crippen MR) is 82.4 cm³/mol. The van der Waals surface area contributed by atoms with Crippen molar-refractivity contribution in [2.24, 2.45) is 0 Å². The Morgan fingerprint density at radius 1 is 1.19 bits per heavy atom. The first kappa shape index (κ1) is 13.2. The summed E-state index contributed by atoms with van der Waals surface area (Å²) in [6.45, 7) is 0. The van der Waals surface area contributed by atoms with E-state index in [-0.39, 0.29) is 5.91 Å². The Kier molecular flexibility index (Phi) is 3.35. The van der Waals surface area contributed by atoms with Crippen LogP contribution in [0.2, 0.25) is 5.02 Å². The van der Waals surface area contributed by atoms with Gasteiger partial charge in [0.2, 0.25) is 0 Å². The maximum absolute atomic E-state index is 12.3. The number of para-hydroxylation sites is 1. The van der Waals surface area contributed by atoms with Crippen molar-refractivity contribution >= 4 is 34.1 Å². The van der Waals surface area contributed by atoms with Crippen LogP contribution in [0.5, 0.6) is 0 Å². The minimum atomic E-state index is -0.301. The summed E-state index contributed by atoms with van der Waals surface area (Å²) in [6.07, 6.45) is 0. The van der Waals surface area contributed by atoms with E-state index in [4.69, 9.17) is 16.9 Å². The van der Waals surface area contributed by atoms with Gasteiger partial charge in [0.1, 0.15) is 11.8 Å². The Morgan fingerprint density at radius 2 is 2.00 bits per heavy atom. The number of amides is 1. The molecule has 1 amide bonds. The number of nitrogens with zero attached hydrogens (tertiary/aromatic N) is 1. The lowest BCUT2D eigenvalue weighted by Crippen LogP contribution is -2.13. The van der Waals surface area contributed by atoms with Crippen LogP contribution in [0.15, 0.2) is 48.5 Å². The quantitative estimate of drug-likeness (QED) is 0.751. The number of hydrogen-bond donors (Lipinski definition) is 2. The fraction of sp³-hybridized carbons (Fsp3) is 0. The highest BCUT2D eigenvalue weighted by Crippen LogP contribution is 2.21. The Balaban J connectivity index is 1.92. The van der Waals surface area contributed by atoms with Gasteiger partial charge in [-0.05, 0) is 30.3 Å². The second-order valence-electron chi connectivity index (χ2n) is 4.53. The second kappa shape index (κ2) is 5.31. The van der Waals surface area contributed by atoms with Crippen LogP contribution in [0.3, 0.4) is 0 Å². The van der Waals surface area contributed by atoms with Gasteiger partial charge in [0, 0.05) is 15.9 Å². The fourth-order valence-electron chi connectivity index (χ4n) is 2.10. The molecule has 0 fully saturated rings. The maximum Gasteiger partial charge on any atom is 0.272 e. The lowest BCUT2D eigenvalue weighted by Gasteiger charge is -2.05. The van der Waals surface area contributed by atoms with Gasteiger partial charge in [-0.25, -0.2) is 0 Å². The second-order valence-corrected chi connectivity index (χ2v) is 4.96. The molecule has 0 radical (unpaired) electrons. The monoisotopic (exact) mass is 295 g/mol. The summed E-state index contributed by atoms with van der Waals surface area (Å²) in [5, 5.41) is 13.3. The van der Waals surface area contributed by atoms with E-state index in [0.29, 0.717) is 22.0 Å². The van der Waals surface area contributed by atoms with Gasteiger partial charge in [0.05, 0.1) is 11.3 Å². The lowest BCUT2D eigenvalue weighted by atomic mass is 10.2. The standard InChI is InChI=1S/C16H10ClN3O/c17-12-6-5-10-7-15(19-14(10)8-12)16(21)20-13-4-2-1-3-11(13)9-18/h1-8,19H,(H,20,21). The average molecular weight is 296 g/mol. The summed E-state index contributed by atoms with van der Waals surface area (Å²) in [5.74, 6) is -0.301. The van der Waals surface area contributed by atoms with E-state index >= 15 is 0 Å². The number of nitriles is 1. The summed E-state index contributed by atoms with van der Waals surface area (Å²) >= 11 is 5.92. The minimum absolute atomic E-state index is 0.301. The van der Waals surface area contributed by atoms with Crippen LogP contribution < -0.4 is 5.32 Å². The van der Waals surface area contributed by atoms with Crippen LogP contribution in [0.1, 0.15) is 16.1 Å². The van der Waals surface area contributed by atoms with Gasteiger partial charge in [-0.3, -0.25) is 4.79 Å².